The minimum absolute atomic E-state index is 0.520. The first-order valence-corrected chi connectivity index (χ1v) is 11.9. The van der Waals surface area contributed by atoms with Gasteiger partial charge in [-0.2, -0.15) is 0 Å². The molecule has 0 amide bonds. The molecule has 0 spiro atoms. The van der Waals surface area contributed by atoms with E-state index < -0.39 is 0 Å². The zero-order valence-electron chi connectivity index (χ0n) is 19.4. The number of hydrogen-bond donors (Lipinski definition) is 1. The standard InChI is InChI=1S/C28H22ClNO2.C2H6/c29-27-25-17-24(32-19-21-9-5-2-6-10-21)15-16-26(25)30-28(27)22-11-13-23(14-12-22)31-18-20-7-3-1-4-8-20;1-2/h1-17,30H,18-19H2;1-2H3. The number of halogens is 1. The molecule has 4 heteroatoms. The van der Waals surface area contributed by atoms with Crippen molar-refractivity contribution in [3.63, 3.8) is 0 Å². The molecule has 0 unspecified atom stereocenters. The summed E-state index contributed by atoms with van der Waals surface area (Å²) in [6.45, 7) is 5.06. The van der Waals surface area contributed by atoms with E-state index in [1.54, 1.807) is 0 Å². The summed E-state index contributed by atoms with van der Waals surface area (Å²) in [5.41, 5.74) is 5.13. The van der Waals surface area contributed by atoms with Crippen LogP contribution in [0, 0.1) is 0 Å². The van der Waals surface area contributed by atoms with E-state index in [0.29, 0.717) is 18.2 Å². The molecular weight excluding hydrogens is 442 g/mol. The topological polar surface area (TPSA) is 34.2 Å². The van der Waals surface area contributed by atoms with Gasteiger partial charge in [-0.1, -0.05) is 86.1 Å². The van der Waals surface area contributed by atoms with Crippen molar-refractivity contribution in [3.05, 3.63) is 119 Å². The molecule has 0 aliphatic heterocycles. The number of aromatic nitrogens is 1. The summed E-state index contributed by atoms with van der Waals surface area (Å²) in [5, 5.41) is 1.62. The summed E-state index contributed by atoms with van der Waals surface area (Å²) in [4.78, 5) is 3.43. The number of aromatic amines is 1. The third kappa shape index (κ3) is 5.62. The average Bonchev–Trinajstić information content (AvgIpc) is 3.24. The van der Waals surface area contributed by atoms with Gasteiger partial charge in [0.25, 0.3) is 0 Å². The fourth-order valence-electron chi connectivity index (χ4n) is 3.63. The molecule has 1 aromatic heterocycles. The second-order valence-electron chi connectivity index (χ2n) is 7.59. The van der Waals surface area contributed by atoms with Crippen molar-refractivity contribution in [1.82, 2.24) is 4.98 Å². The van der Waals surface area contributed by atoms with Gasteiger partial charge in [-0.05, 0) is 59.2 Å². The second kappa shape index (κ2) is 11.4. The minimum Gasteiger partial charge on any atom is -0.489 e. The Morgan fingerprint density at radius 2 is 1.18 bits per heavy atom. The van der Waals surface area contributed by atoms with E-state index in [9.17, 15) is 0 Å². The van der Waals surface area contributed by atoms with Crippen LogP contribution in [0.1, 0.15) is 25.0 Å². The number of hydrogen-bond acceptors (Lipinski definition) is 2. The van der Waals surface area contributed by atoms with Crippen LogP contribution in [0.25, 0.3) is 22.2 Å². The first-order valence-electron chi connectivity index (χ1n) is 11.5. The highest BCUT2D eigenvalue weighted by molar-refractivity contribution is 6.38. The number of H-pyrrole nitrogens is 1. The molecule has 0 radical (unpaired) electrons. The minimum atomic E-state index is 0.520. The Bertz CT molecular complexity index is 1310. The van der Waals surface area contributed by atoms with Gasteiger partial charge in [0, 0.05) is 10.9 Å². The number of rotatable bonds is 7. The fraction of sp³-hybridized carbons (Fsp3) is 0.133. The molecule has 3 nitrogen and oxygen atoms in total. The molecule has 0 bridgehead atoms. The monoisotopic (exact) mass is 469 g/mol. The summed E-state index contributed by atoms with van der Waals surface area (Å²) in [7, 11) is 0. The molecule has 1 heterocycles. The first kappa shape index (κ1) is 23.5. The van der Waals surface area contributed by atoms with E-state index in [4.69, 9.17) is 21.1 Å². The molecular formula is C30H28ClNO2. The van der Waals surface area contributed by atoms with Crippen molar-refractivity contribution in [2.45, 2.75) is 27.1 Å². The lowest BCUT2D eigenvalue weighted by molar-refractivity contribution is 0.306. The van der Waals surface area contributed by atoms with Crippen molar-refractivity contribution in [3.8, 4) is 22.8 Å². The maximum absolute atomic E-state index is 6.74. The van der Waals surface area contributed by atoms with Gasteiger partial charge in [0.15, 0.2) is 0 Å². The quantitative estimate of drug-likeness (QED) is 0.258. The Morgan fingerprint density at radius 3 is 1.76 bits per heavy atom. The SMILES string of the molecule is CC.Clc1c(-c2ccc(OCc3ccccc3)cc2)[nH]c2ccc(OCc3ccccc3)cc12. The average molecular weight is 470 g/mol. The molecule has 0 saturated carbocycles. The van der Waals surface area contributed by atoms with E-state index >= 15 is 0 Å². The molecule has 0 aliphatic rings. The van der Waals surface area contributed by atoms with Crippen LogP contribution in [-0.4, -0.2) is 4.98 Å². The van der Waals surface area contributed by atoms with E-state index in [1.807, 2.05) is 105 Å². The lowest BCUT2D eigenvalue weighted by atomic mass is 10.1. The van der Waals surface area contributed by atoms with Gasteiger partial charge in [0.2, 0.25) is 0 Å². The largest absolute Gasteiger partial charge is 0.489 e. The van der Waals surface area contributed by atoms with Crippen LogP contribution < -0.4 is 9.47 Å². The Kier molecular flexibility index (Phi) is 7.90. The smallest absolute Gasteiger partial charge is 0.120 e. The first-order chi connectivity index (χ1) is 16.8. The van der Waals surface area contributed by atoms with Crippen molar-refractivity contribution in [2.75, 3.05) is 0 Å². The summed E-state index contributed by atoms with van der Waals surface area (Å²) in [6.07, 6.45) is 0. The number of ether oxygens (including phenoxy) is 2. The number of nitrogens with one attached hydrogen (secondary N) is 1. The van der Waals surface area contributed by atoms with Gasteiger partial charge in [-0.15, -0.1) is 0 Å². The van der Waals surface area contributed by atoms with E-state index in [2.05, 4.69) is 17.1 Å². The van der Waals surface area contributed by atoms with Gasteiger partial charge in [0.05, 0.1) is 10.7 Å². The van der Waals surface area contributed by atoms with Crippen molar-refractivity contribution >= 4 is 22.5 Å². The summed E-state index contributed by atoms with van der Waals surface area (Å²) >= 11 is 6.74. The zero-order valence-corrected chi connectivity index (χ0v) is 20.2. The van der Waals surface area contributed by atoms with E-state index in [-0.39, 0.29) is 0 Å². The summed E-state index contributed by atoms with van der Waals surface area (Å²) in [5.74, 6) is 1.61. The zero-order chi connectivity index (χ0) is 23.8. The highest BCUT2D eigenvalue weighted by Crippen LogP contribution is 2.36. The summed E-state index contributed by atoms with van der Waals surface area (Å²) < 4.78 is 11.9. The van der Waals surface area contributed by atoms with Crippen molar-refractivity contribution < 1.29 is 9.47 Å². The lowest BCUT2D eigenvalue weighted by Gasteiger charge is -2.07. The second-order valence-corrected chi connectivity index (χ2v) is 7.97. The van der Waals surface area contributed by atoms with Gasteiger partial charge in [0.1, 0.15) is 24.7 Å². The van der Waals surface area contributed by atoms with Gasteiger partial charge >= 0.3 is 0 Å². The van der Waals surface area contributed by atoms with Crippen LogP contribution in [-0.2, 0) is 13.2 Å². The van der Waals surface area contributed by atoms with Crippen LogP contribution in [0.4, 0.5) is 0 Å². The highest BCUT2D eigenvalue weighted by atomic mass is 35.5. The molecule has 0 fully saturated rings. The van der Waals surface area contributed by atoms with Crippen LogP contribution in [0.3, 0.4) is 0 Å². The Balaban J connectivity index is 0.00000133. The third-order valence-electron chi connectivity index (χ3n) is 5.35. The van der Waals surface area contributed by atoms with Crippen molar-refractivity contribution in [2.24, 2.45) is 0 Å². The van der Waals surface area contributed by atoms with Crippen LogP contribution in [0.2, 0.25) is 5.02 Å². The van der Waals surface area contributed by atoms with Crippen LogP contribution >= 0.6 is 11.6 Å². The molecule has 172 valence electrons. The third-order valence-corrected chi connectivity index (χ3v) is 5.74. The predicted molar refractivity (Wildman–Crippen MR) is 142 cm³/mol. The van der Waals surface area contributed by atoms with Gasteiger partial charge in [-0.3, -0.25) is 0 Å². The fourth-order valence-corrected chi connectivity index (χ4v) is 3.94. The van der Waals surface area contributed by atoms with Gasteiger partial charge < -0.3 is 14.5 Å². The predicted octanol–water partition coefficient (Wildman–Crippen LogP) is 8.67. The molecule has 0 aliphatic carbocycles. The Morgan fingerprint density at radius 1 is 0.647 bits per heavy atom. The summed E-state index contributed by atoms with van der Waals surface area (Å²) in [6, 6.07) is 34.2. The molecule has 0 atom stereocenters. The highest BCUT2D eigenvalue weighted by Gasteiger charge is 2.13. The van der Waals surface area contributed by atoms with Crippen LogP contribution in [0.15, 0.2) is 103 Å². The number of fused-ring (bicyclic) bond motifs is 1. The maximum Gasteiger partial charge on any atom is 0.120 e. The Labute approximate surface area is 205 Å². The number of benzene rings is 4. The molecule has 0 saturated heterocycles. The van der Waals surface area contributed by atoms with Crippen molar-refractivity contribution in [1.29, 1.82) is 0 Å². The molecule has 4 aromatic carbocycles. The molecule has 1 N–H and O–H groups in total. The van der Waals surface area contributed by atoms with Gasteiger partial charge in [-0.25, -0.2) is 0 Å². The molecule has 5 rings (SSSR count). The van der Waals surface area contributed by atoms with E-state index in [0.717, 1.165) is 44.8 Å². The Hall–Kier alpha value is -3.69. The molecule has 5 aromatic rings. The van der Waals surface area contributed by atoms with E-state index in [1.165, 1.54) is 0 Å². The molecule has 34 heavy (non-hydrogen) atoms. The van der Waals surface area contributed by atoms with Crippen LogP contribution in [0.5, 0.6) is 11.5 Å². The normalized spacial score (nSPS) is 10.4. The lowest BCUT2D eigenvalue weighted by Crippen LogP contribution is -1.94. The maximum atomic E-state index is 6.74.